The van der Waals surface area contributed by atoms with Crippen molar-refractivity contribution in [2.24, 2.45) is 0 Å². The van der Waals surface area contributed by atoms with E-state index >= 15 is 0 Å². The molecular weight excluding hydrogens is 316 g/mol. The number of hydrogen-bond acceptors (Lipinski definition) is 4. The zero-order valence-corrected chi connectivity index (χ0v) is 15.5. The third-order valence-electron chi connectivity index (χ3n) is 3.03. The standard InChI is InChI=1S/C14H20O3.C7H6O/c1-10-6-7-12(11(2)8-10)16-9-13(15)17-14(3,4)5;8-6-7-4-2-1-3-5-7/h6-8H,9H2,1-5H3;1-6H. The van der Waals surface area contributed by atoms with Crippen molar-refractivity contribution < 1.29 is 19.1 Å². The van der Waals surface area contributed by atoms with Crippen LogP contribution in [0.2, 0.25) is 0 Å². The second-order valence-electron chi connectivity index (χ2n) is 6.67. The molecular formula is C21H26O4. The van der Waals surface area contributed by atoms with Crippen LogP contribution in [0.3, 0.4) is 0 Å². The third-order valence-corrected chi connectivity index (χ3v) is 3.03. The van der Waals surface area contributed by atoms with Crippen LogP contribution in [0, 0.1) is 13.8 Å². The monoisotopic (exact) mass is 342 g/mol. The Labute approximate surface area is 149 Å². The minimum absolute atomic E-state index is 0.0544. The van der Waals surface area contributed by atoms with Gasteiger partial charge in [-0.1, -0.05) is 48.0 Å². The molecule has 0 aromatic heterocycles. The summed E-state index contributed by atoms with van der Waals surface area (Å²) in [4.78, 5) is 21.5. The number of ether oxygens (including phenoxy) is 2. The number of esters is 1. The Morgan fingerprint density at radius 2 is 1.68 bits per heavy atom. The highest BCUT2D eigenvalue weighted by Gasteiger charge is 2.16. The summed E-state index contributed by atoms with van der Waals surface area (Å²) in [6, 6.07) is 14.9. The molecule has 2 aromatic rings. The smallest absolute Gasteiger partial charge is 0.344 e. The molecule has 0 aliphatic carbocycles. The maximum absolute atomic E-state index is 11.5. The van der Waals surface area contributed by atoms with Crippen molar-refractivity contribution in [3.63, 3.8) is 0 Å². The number of aldehydes is 1. The highest BCUT2D eigenvalue weighted by Crippen LogP contribution is 2.18. The average Bonchev–Trinajstić information content (AvgIpc) is 2.54. The van der Waals surface area contributed by atoms with Gasteiger partial charge < -0.3 is 9.47 Å². The number of benzene rings is 2. The zero-order chi connectivity index (χ0) is 18.9. The van der Waals surface area contributed by atoms with Gasteiger partial charge in [0, 0.05) is 5.56 Å². The second-order valence-corrected chi connectivity index (χ2v) is 6.67. The maximum Gasteiger partial charge on any atom is 0.344 e. The lowest BCUT2D eigenvalue weighted by Crippen LogP contribution is -2.27. The summed E-state index contributed by atoms with van der Waals surface area (Å²) in [5.41, 5.74) is 2.45. The first-order valence-electron chi connectivity index (χ1n) is 8.13. The molecule has 0 aliphatic heterocycles. The normalized spacial score (nSPS) is 10.3. The average molecular weight is 342 g/mol. The molecule has 4 heteroatoms. The van der Waals surface area contributed by atoms with Gasteiger partial charge in [-0.2, -0.15) is 0 Å². The lowest BCUT2D eigenvalue weighted by molar-refractivity contribution is -0.157. The van der Waals surface area contributed by atoms with Gasteiger partial charge in [0.2, 0.25) is 0 Å². The molecule has 4 nitrogen and oxygen atoms in total. The fourth-order valence-electron chi connectivity index (χ4n) is 2.00. The number of hydrogen-bond donors (Lipinski definition) is 0. The van der Waals surface area contributed by atoms with Crippen molar-refractivity contribution in [2.75, 3.05) is 6.61 Å². The van der Waals surface area contributed by atoms with Gasteiger partial charge in [-0.05, 0) is 46.2 Å². The summed E-state index contributed by atoms with van der Waals surface area (Å²) < 4.78 is 10.6. The summed E-state index contributed by atoms with van der Waals surface area (Å²) in [6.07, 6.45) is 0.833. The molecule has 0 radical (unpaired) electrons. The van der Waals surface area contributed by atoms with Crippen LogP contribution in [-0.4, -0.2) is 24.5 Å². The SMILES string of the molecule is Cc1ccc(OCC(=O)OC(C)(C)C)c(C)c1.O=Cc1ccccc1. The number of carbonyl (C=O) groups is 2. The summed E-state index contributed by atoms with van der Waals surface area (Å²) >= 11 is 0. The Bertz CT molecular complexity index is 685. The summed E-state index contributed by atoms with van der Waals surface area (Å²) in [5.74, 6) is 0.374. The van der Waals surface area contributed by atoms with E-state index in [1.54, 1.807) is 12.1 Å². The van der Waals surface area contributed by atoms with E-state index in [-0.39, 0.29) is 12.6 Å². The Kier molecular flexibility index (Phi) is 7.86. The lowest BCUT2D eigenvalue weighted by atomic mass is 10.1. The van der Waals surface area contributed by atoms with E-state index in [0.717, 1.165) is 23.2 Å². The predicted octanol–water partition coefficient (Wildman–Crippen LogP) is 4.52. The minimum Gasteiger partial charge on any atom is -0.482 e. The van der Waals surface area contributed by atoms with Crippen LogP contribution in [0.5, 0.6) is 5.75 Å². The van der Waals surface area contributed by atoms with Gasteiger partial charge >= 0.3 is 5.97 Å². The van der Waals surface area contributed by atoms with Crippen molar-refractivity contribution >= 4 is 12.3 Å². The number of rotatable bonds is 4. The van der Waals surface area contributed by atoms with Gasteiger partial charge in [0.1, 0.15) is 17.6 Å². The van der Waals surface area contributed by atoms with E-state index in [0.29, 0.717) is 0 Å². The molecule has 0 atom stereocenters. The van der Waals surface area contributed by atoms with E-state index in [4.69, 9.17) is 9.47 Å². The molecule has 0 unspecified atom stereocenters. The molecule has 0 heterocycles. The summed E-state index contributed by atoms with van der Waals surface area (Å²) in [6.45, 7) is 9.43. The molecule has 0 bridgehead atoms. The molecule has 0 saturated carbocycles. The van der Waals surface area contributed by atoms with Gasteiger partial charge in [-0.15, -0.1) is 0 Å². The van der Waals surface area contributed by atoms with Crippen LogP contribution in [0.25, 0.3) is 0 Å². The van der Waals surface area contributed by atoms with Crippen molar-refractivity contribution in [1.82, 2.24) is 0 Å². The van der Waals surface area contributed by atoms with Crippen molar-refractivity contribution in [3.8, 4) is 5.75 Å². The largest absolute Gasteiger partial charge is 0.482 e. The summed E-state index contributed by atoms with van der Waals surface area (Å²) in [5, 5.41) is 0. The van der Waals surface area contributed by atoms with Crippen molar-refractivity contribution in [3.05, 3.63) is 65.2 Å². The van der Waals surface area contributed by atoms with Crippen LogP contribution < -0.4 is 4.74 Å². The number of aryl methyl sites for hydroxylation is 2. The molecule has 0 N–H and O–H groups in total. The van der Waals surface area contributed by atoms with Crippen LogP contribution >= 0.6 is 0 Å². The highest BCUT2D eigenvalue weighted by atomic mass is 16.6. The molecule has 0 aliphatic rings. The first-order chi connectivity index (χ1) is 11.7. The van der Waals surface area contributed by atoms with Crippen LogP contribution in [0.15, 0.2) is 48.5 Å². The van der Waals surface area contributed by atoms with Gasteiger partial charge in [0.25, 0.3) is 0 Å². The highest BCUT2D eigenvalue weighted by molar-refractivity contribution is 5.74. The maximum atomic E-state index is 11.5. The fraction of sp³-hybridized carbons (Fsp3) is 0.333. The molecule has 25 heavy (non-hydrogen) atoms. The quantitative estimate of drug-likeness (QED) is 0.605. The first-order valence-corrected chi connectivity index (χ1v) is 8.13. The van der Waals surface area contributed by atoms with Crippen LogP contribution in [-0.2, 0) is 9.53 Å². The molecule has 0 fully saturated rings. The zero-order valence-electron chi connectivity index (χ0n) is 15.5. The Hall–Kier alpha value is -2.62. The van der Waals surface area contributed by atoms with E-state index in [9.17, 15) is 9.59 Å². The van der Waals surface area contributed by atoms with Gasteiger partial charge in [0.05, 0.1) is 0 Å². The van der Waals surface area contributed by atoms with E-state index in [1.807, 2.05) is 71.0 Å². The molecule has 0 amide bonds. The van der Waals surface area contributed by atoms with E-state index in [2.05, 4.69) is 0 Å². The minimum atomic E-state index is -0.469. The van der Waals surface area contributed by atoms with Gasteiger partial charge in [-0.3, -0.25) is 4.79 Å². The predicted molar refractivity (Wildman–Crippen MR) is 99.1 cm³/mol. The molecule has 0 saturated heterocycles. The Morgan fingerprint density at radius 3 is 2.16 bits per heavy atom. The van der Waals surface area contributed by atoms with Gasteiger partial charge in [0.15, 0.2) is 6.61 Å². The van der Waals surface area contributed by atoms with Crippen molar-refractivity contribution in [2.45, 2.75) is 40.2 Å². The van der Waals surface area contributed by atoms with Gasteiger partial charge in [-0.25, -0.2) is 4.79 Å². The Balaban J connectivity index is 0.000000324. The molecule has 2 aromatic carbocycles. The molecule has 2 rings (SSSR count). The van der Waals surface area contributed by atoms with Crippen LogP contribution in [0.1, 0.15) is 42.3 Å². The van der Waals surface area contributed by atoms with E-state index < -0.39 is 5.60 Å². The third kappa shape index (κ3) is 8.70. The van der Waals surface area contributed by atoms with E-state index in [1.165, 1.54) is 5.56 Å². The van der Waals surface area contributed by atoms with Crippen molar-refractivity contribution in [1.29, 1.82) is 0 Å². The Morgan fingerprint density at radius 1 is 1.04 bits per heavy atom. The molecule has 134 valence electrons. The second kappa shape index (κ2) is 9.62. The first kappa shape index (κ1) is 20.4. The lowest BCUT2D eigenvalue weighted by Gasteiger charge is -2.19. The fourth-order valence-corrected chi connectivity index (χ4v) is 2.00. The topological polar surface area (TPSA) is 52.6 Å². The molecule has 0 spiro atoms. The summed E-state index contributed by atoms with van der Waals surface area (Å²) in [7, 11) is 0. The van der Waals surface area contributed by atoms with Crippen LogP contribution in [0.4, 0.5) is 0 Å². The number of carbonyl (C=O) groups excluding carboxylic acids is 2.